The molecule has 0 saturated heterocycles. The van der Waals surface area contributed by atoms with Crippen LogP contribution in [0.4, 0.5) is 0 Å². The van der Waals surface area contributed by atoms with E-state index in [2.05, 4.69) is 10.3 Å². The Morgan fingerprint density at radius 3 is 2.71 bits per heavy atom. The Hall–Kier alpha value is -2.56. The standard InChI is InChI=1S/C16H18N2O3/c1-10-6-11(2)18-16(21)14(10)9-17-15(20)8-12-4-3-5-13(19)7-12/h3-7,19H,8-9H2,1-2H3,(H,17,20)(H,18,21). The SMILES string of the molecule is Cc1cc(C)c(CNC(=O)Cc2cccc(O)c2)c(=O)[nH]1. The largest absolute Gasteiger partial charge is 0.508 e. The van der Waals surface area contributed by atoms with Gasteiger partial charge in [-0.3, -0.25) is 9.59 Å². The van der Waals surface area contributed by atoms with Crippen molar-refractivity contribution in [1.29, 1.82) is 0 Å². The number of aromatic nitrogens is 1. The number of amides is 1. The van der Waals surface area contributed by atoms with Crippen molar-refractivity contribution in [3.63, 3.8) is 0 Å². The molecule has 21 heavy (non-hydrogen) atoms. The molecule has 0 atom stereocenters. The van der Waals surface area contributed by atoms with Crippen LogP contribution in [0.2, 0.25) is 0 Å². The number of aryl methyl sites for hydroxylation is 2. The molecule has 5 heteroatoms. The summed E-state index contributed by atoms with van der Waals surface area (Å²) >= 11 is 0. The van der Waals surface area contributed by atoms with Gasteiger partial charge in [0.15, 0.2) is 0 Å². The van der Waals surface area contributed by atoms with Gasteiger partial charge in [0.05, 0.1) is 6.42 Å². The fraction of sp³-hybridized carbons (Fsp3) is 0.250. The molecule has 2 rings (SSSR count). The number of phenolic OH excluding ortho intramolecular Hbond substituents is 1. The van der Waals surface area contributed by atoms with E-state index in [1.54, 1.807) is 24.3 Å². The van der Waals surface area contributed by atoms with Crippen LogP contribution in [0.3, 0.4) is 0 Å². The normalized spacial score (nSPS) is 10.4. The summed E-state index contributed by atoms with van der Waals surface area (Å²) in [5, 5.41) is 12.1. The van der Waals surface area contributed by atoms with E-state index >= 15 is 0 Å². The monoisotopic (exact) mass is 286 g/mol. The van der Waals surface area contributed by atoms with Crippen LogP contribution >= 0.6 is 0 Å². The first kappa shape index (κ1) is 14.8. The maximum atomic E-state index is 11.9. The first-order valence-electron chi connectivity index (χ1n) is 6.69. The fourth-order valence-electron chi connectivity index (χ4n) is 2.20. The minimum absolute atomic E-state index is 0.131. The number of carbonyl (C=O) groups excluding carboxylic acids is 1. The van der Waals surface area contributed by atoms with Crippen molar-refractivity contribution in [2.24, 2.45) is 0 Å². The van der Waals surface area contributed by atoms with Gasteiger partial charge in [-0.15, -0.1) is 0 Å². The minimum Gasteiger partial charge on any atom is -0.508 e. The number of aromatic hydroxyl groups is 1. The number of hydrogen-bond acceptors (Lipinski definition) is 3. The minimum atomic E-state index is -0.194. The van der Waals surface area contributed by atoms with Gasteiger partial charge in [-0.25, -0.2) is 0 Å². The molecule has 0 fully saturated rings. The van der Waals surface area contributed by atoms with E-state index in [1.165, 1.54) is 0 Å². The molecule has 0 aliphatic carbocycles. The maximum absolute atomic E-state index is 11.9. The number of rotatable bonds is 4. The molecule has 0 aliphatic rings. The highest BCUT2D eigenvalue weighted by molar-refractivity contribution is 5.78. The van der Waals surface area contributed by atoms with Gasteiger partial charge in [0.1, 0.15) is 5.75 Å². The fourth-order valence-corrected chi connectivity index (χ4v) is 2.20. The van der Waals surface area contributed by atoms with Gasteiger partial charge in [0.25, 0.3) is 5.56 Å². The van der Waals surface area contributed by atoms with Crippen molar-refractivity contribution >= 4 is 5.91 Å². The number of benzene rings is 1. The lowest BCUT2D eigenvalue weighted by molar-refractivity contribution is -0.120. The van der Waals surface area contributed by atoms with Crippen molar-refractivity contribution in [2.75, 3.05) is 0 Å². The number of hydrogen-bond donors (Lipinski definition) is 3. The third-order valence-corrected chi connectivity index (χ3v) is 3.23. The van der Waals surface area contributed by atoms with E-state index in [1.807, 2.05) is 19.9 Å². The van der Waals surface area contributed by atoms with E-state index in [-0.39, 0.29) is 30.2 Å². The third-order valence-electron chi connectivity index (χ3n) is 3.23. The van der Waals surface area contributed by atoms with Crippen molar-refractivity contribution in [2.45, 2.75) is 26.8 Å². The summed E-state index contributed by atoms with van der Waals surface area (Å²) in [5.41, 5.74) is 2.76. The van der Waals surface area contributed by atoms with Crippen LogP contribution in [0, 0.1) is 13.8 Å². The van der Waals surface area contributed by atoms with E-state index < -0.39 is 0 Å². The summed E-state index contributed by atoms with van der Waals surface area (Å²) < 4.78 is 0. The zero-order valence-electron chi connectivity index (χ0n) is 12.1. The first-order chi connectivity index (χ1) is 9.95. The van der Waals surface area contributed by atoms with Gasteiger partial charge < -0.3 is 15.4 Å². The Labute approximate surface area is 122 Å². The average Bonchev–Trinajstić information content (AvgIpc) is 2.37. The number of phenols is 1. The molecule has 0 spiro atoms. The molecule has 1 aromatic heterocycles. The van der Waals surface area contributed by atoms with Gasteiger partial charge in [0, 0.05) is 17.8 Å². The molecule has 5 nitrogen and oxygen atoms in total. The van der Waals surface area contributed by atoms with Gasteiger partial charge in [-0.2, -0.15) is 0 Å². The Morgan fingerprint density at radius 1 is 1.29 bits per heavy atom. The number of carbonyl (C=O) groups is 1. The Bertz CT molecular complexity index is 720. The molecule has 1 amide bonds. The quantitative estimate of drug-likeness (QED) is 0.797. The maximum Gasteiger partial charge on any atom is 0.253 e. The van der Waals surface area contributed by atoms with E-state index in [0.29, 0.717) is 5.56 Å². The molecule has 0 saturated carbocycles. The van der Waals surface area contributed by atoms with E-state index in [9.17, 15) is 14.7 Å². The second-order valence-electron chi connectivity index (χ2n) is 5.07. The lowest BCUT2D eigenvalue weighted by Gasteiger charge is -2.08. The Kier molecular flexibility index (Phi) is 4.42. The highest BCUT2D eigenvalue weighted by Crippen LogP contribution is 2.11. The average molecular weight is 286 g/mol. The van der Waals surface area contributed by atoms with Crippen molar-refractivity contribution in [3.8, 4) is 5.75 Å². The summed E-state index contributed by atoms with van der Waals surface area (Å²) in [5.74, 6) is -0.0638. The van der Waals surface area contributed by atoms with Crippen molar-refractivity contribution in [1.82, 2.24) is 10.3 Å². The van der Waals surface area contributed by atoms with Crippen LogP contribution in [-0.4, -0.2) is 16.0 Å². The molecule has 2 aromatic rings. The molecule has 1 heterocycles. The predicted octanol–water partition coefficient (Wildman–Crippen LogP) is 1.56. The predicted molar refractivity (Wildman–Crippen MR) is 80.2 cm³/mol. The van der Waals surface area contributed by atoms with Crippen LogP contribution < -0.4 is 10.9 Å². The van der Waals surface area contributed by atoms with Crippen LogP contribution in [-0.2, 0) is 17.8 Å². The van der Waals surface area contributed by atoms with Gasteiger partial charge >= 0.3 is 0 Å². The van der Waals surface area contributed by atoms with Crippen LogP contribution in [0.15, 0.2) is 35.1 Å². The second kappa shape index (κ2) is 6.26. The molecule has 0 bridgehead atoms. The molecule has 0 radical (unpaired) electrons. The molecule has 3 N–H and O–H groups in total. The highest BCUT2D eigenvalue weighted by atomic mass is 16.3. The van der Waals surface area contributed by atoms with Gasteiger partial charge in [-0.1, -0.05) is 12.1 Å². The third kappa shape index (κ3) is 3.95. The smallest absolute Gasteiger partial charge is 0.253 e. The number of aromatic amines is 1. The first-order valence-corrected chi connectivity index (χ1v) is 6.69. The Morgan fingerprint density at radius 2 is 2.05 bits per heavy atom. The van der Waals surface area contributed by atoms with Crippen LogP contribution in [0.1, 0.15) is 22.4 Å². The summed E-state index contributed by atoms with van der Waals surface area (Å²) in [7, 11) is 0. The lowest BCUT2D eigenvalue weighted by atomic mass is 10.1. The number of pyridine rings is 1. The molecule has 1 aromatic carbocycles. The lowest BCUT2D eigenvalue weighted by Crippen LogP contribution is -2.29. The highest BCUT2D eigenvalue weighted by Gasteiger charge is 2.08. The van der Waals surface area contributed by atoms with Crippen LogP contribution in [0.25, 0.3) is 0 Å². The molecule has 110 valence electrons. The van der Waals surface area contributed by atoms with Crippen molar-refractivity contribution in [3.05, 3.63) is 63.1 Å². The Balaban J connectivity index is 2.00. The second-order valence-corrected chi connectivity index (χ2v) is 5.07. The molecule has 0 aliphatic heterocycles. The summed E-state index contributed by atoms with van der Waals surface area (Å²) in [6.45, 7) is 3.86. The number of H-pyrrole nitrogens is 1. The molecular weight excluding hydrogens is 268 g/mol. The topological polar surface area (TPSA) is 82.2 Å². The van der Waals surface area contributed by atoms with Crippen LogP contribution in [0.5, 0.6) is 5.75 Å². The molecule has 0 unspecified atom stereocenters. The van der Waals surface area contributed by atoms with Gasteiger partial charge in [0.2, 0.25) is 5.91 Å². The van der Waals surface area contributed by atoms with Crippen molar-refractivity contribution < 1.29 is 9.90 Å². The summed E-state index contributed by atoms with van der Waals surface area (Å²) in [4.78, 5) is 26.4. The van der Waals surface area contributed by atoms with E-state index in [4.69, 9.17) is 0 Å². The molecular formula is C16H18N2O3. The zero-order chi connectivity index (χ0) is 15.4. The zero-order valence-corrected chi connectivity index (χ0v) is 12.1. The number of nitrogens with one attached hydrogen (secondary N) is 2. The summed E-state index contributed by atoms with van der Waals surface area (Å²) in [6.07, 6.45) is 0.164. The van der Waals surface area contributed by atoms with E-state index in [0.717, 1.165) is 16.8 Å². The summed E-state index contributed by atoms with van der Waals surface area (Å²) in [6, 6.07) is 8.42. The van der Waals surface area contributed by atoms with Gasteiger partial charge in [-0.05, 0) is 43.2 Å².